The first kappa shape index (κ1) is 10.8. The molecular weight excluding hydrogens is 206 g/mol. The van der Waals surface area contributed by atoms with Gasteiger partial charge in [0.15, 0.2) is 0 Å². The Kier molecular flexibility index (Phi) is 3.54. The average molecular weight is 223 g/mol. The van der Waals surface area contributed by atoms with Gasteiger partial charge >= 0.3 is 0 Å². The van der Waals surface area contributed by atoms with Crippen molar-refractivity contribution in [2.75, 3.05) is 18.6 Å². The summed E-state index contributed by atoms with van der Waals surface area (Å²) in [6.07, 6.45) is 0. The zero-order chi connectivity index (χ0) is 10.7. The lowest BCUT2D eigenvalue weighted by molar-refractivity contribution is 0.412. The first-order valence-corrected chi connectivity index (χ1v) is 6.43. The van der Waals surface area contributed by atoms with Crippen molar-refractivity contribution < 1.29 is 4.74 Å². The van der Waals surface area contributed by atoms with Gasteiger partial charge in [-0.05, 0) is 24.6 Å². The number of hydrogen-bond acceptors (Lipinski definition) is 3. The number of hydrogen-bond donors (Lipinski definition) is 1. The molecule has 2 nitrogen and oxygen atoms in total. The van der Waals surface area contributed by atoms with E-state index in [1.807, 2.05) is 23.9 Å². The van der Waals surface area contributed by atoms with Gasteiger partial charge in [0.05, 0.1) is 7.11 Å². The van der Waals surface area contributed by atoms with Gasteiger partial charge in [0.25, 0.3) is 0 Å². The Morgan fingerprint density at radius 2 is 2.27 bits per heavy atom. The van der Waals surface area contributed by atoms with Crippen LogP contribution in [-0.4, -0.2) is 24.7 Å². The van der Waals surface area contributed by atoms with E-state index in [9.17, 15) is 0 Å². The SMILES string of the molecule is COc1cccc(C(C)NC2CSC2)c1. The highest BCUT2D eigenvalue weighted by Crippen LogP contribution is 2.23. The molecule has 15 heavy (non-hydrogen) atoms. The van der Waals surface area contributed by atoms with Crippen LogP contribution in [0.3, 0.4) is 0 Å². The lowest BCUT2D eigenvalue weighted by Gasteiger charge is -2.29. The van der Waals surface area contributed by atoms with Crippen molar-refractivity contribution in [3.63, 3.8) is 0 Å². The Hall–Kier alpha value is -0.670. The Balaban J connectivity index is 1.99. The molecule has 1 aliphatic heterocycles. The number of benzene rings is 1. The van der Waals surface area contributed by atoms with Crippen LogP contribution in [0.2, 0.25) is 0 Å². The van der Waals surface area contributed by atoms with Crippen LogP contribution in [0.1, 0.15) is 18.5 Å². The third-order valence-corrected chi connectivity index (χ3v) is 3.99. The van der Waals surface area contributed by atoms with E-state index < -0.39 is 0 Å². The van der Waals surface area contributed by atoms with E-state index in [-0.39, 0.29) is 0 Å². The summed E-state index contributed by atoms with van der Waals surface area (Å²) in [6.45, 7) is 2.21. The van der Waals surface area contributed by atoms with Crippen molar-refractivity contribution in [2.45, 2.75) is 19.0 Å². The zero-order valence-electron chi connectivity index (χ0n) is 9.19. The average Bonchev–Trinajstić information content (AvgIpc) is 2.23. The van der Waals surface area contributed by atoms with Gasteiger partial charge in [-0.1, -0.05) is 12.1 Å². The van der Waals surface area contributed by atoms with Gasteiger partial charge in [-0.3, -0.25) is 0 Å². The molecule has 2 rings (SSSR count). The maximum atomic E-state index is 5.22. The fraction of sp³-hybridized carbons (Fsp3) is 0.500. The number of thioether (sulfide) groups is 1. The second kappa shape index (κ2) is 4.90. The molecule has 1 aromatic carbocycles. The molecule has 0 radical (unpaired) electrons. The quantitative estimate of drug-likeness (QED) is 0.847. The summed E-state index contributed by atoms with van der Waals surface area (Å²) in [5, 5.41) is 3.61. The molecule has 1 atom stereocenters. The molecule has 1 unspecified atom stereocenters. The number of nitrogens with one attached hydrogen (secondary N) is 1. The van der Waals surface area contributed by atoms with Crippen LogP contribution < -0.4 is 10.1 Å². The summed E-state index contributed by atoms with van der Waals surface area (Å²) >= 11 is 2.00. The first-order valence-electron chi connectivity index (χ1n) is 5.27. The van der Waals surface area contributed by atoms with Gasteiger partial charge in [0.2, 0.25) is 0 Å². The monoisotopic (exact) mass is 223 g/mol. The van der Waals surface area contributed by atoms with Crippen LogP contribution in [0.5, 0.6) is 5.75 Å². The molecule has 1 saturated heterocycles. The fourth-order valence-electron chi connectivity index (χ4n) is 1.69. The van der Waals surface area contributed by atoms with Crippen molar-refractivity contribution in [3.8, 4) is 5.75 Å². The molecule has 0 bridgehead atoms. The van der Waals surface area contributed by atoms with Crippen LogP contribution in [0, 0.1) is 0 Å². The molecule has 3 heteroatoms. The van der Waals surface area contributed by atoms with Gasteiger partial charge < -0.3 is 10.1 Å². The Labute approximate surface area is 95.4 Å². The van der Waals surface area contributed by atoms with Crippen molar-refractivity contribution in [1.29, 1.82) is 0 Å². The Morgan fingerprint density at radius 1 is 1.47 bits per heavy atom. The highest BCUT2D eigenvalue weighted by atomic mass is 32.2. The van der Waals surface area contributed by atoms with Gasteiger partial charge in [0.1, 0.15) is 5.75 Å². The van der Waals surface area contributed by atoms with Crippen molar-refractivity contribution >= 4 is 11.8 Å². The van der Waals surface area contributed by atoms with Gasteiger partial charge in [-0.25, -0.2) is 0 Å². The topological polar surface area (TPSA) is 21.3 Å². The molecule has 82 valence electrons. The van der Waals surface area contributed by atoms with E-state index in [1.54, 1.807) is 7.11 Å². The molecule has 1 fully saturated rings. The molecule has 1 aliphatic rings. The third kappa shape index (κ3) is 2.67. The number of rotatable bonds is 4. The molecular formula is C12H17NOS. The second-order valence-corrected chi connectivity index (χ2v) is 4.97. The minimum Gasteiger partial charge on any atom is -0.497 e. The van der Waals surface area contributed by atoms with E-state index >= 15 is 0 Å². The summed E-state index contributed by atoms with van der Waals surface area (Å²) in [5.74, 6) is 3.42. The highest BCUT2D eigenvalue weighted by molar-refractivity contribution is 8.00. The normalized spacial score (nSPS) is 18.3. The van der Waals surface area contributed by atoms with Crippen molar-refractivity contribution in [2.24, 2.45) is 0 Å². The predicted molar refractivity (Wildman–Crippen MR) is 65.7 cm³/mol. The molecule has 1 heterocycles. The van der Waals surface area contributed by atoms with Crippen LogP contribution >= 0.6 is 11.8 Å². The smallest absolute Gasteiger partial charge is 0.119 e. The van der Waals surface area contributed by atoms with Crippen molar-refractivity contribution in [1.82, 2.24) is 5.32 Å². The van der Waals surface area contributed by atoms with E-state index in [1.165, 1.54) is 17.1 Å². The summed E-state index contributed by atoms with van der Waals surface area (Å²) in [4.78, 5) is 0. The van der Waals surface area contributed by atoms with Crippen molar-refractivity contribution in [3.05, 3.63) is 29.8 Å². The first-order chi connectivity index (χ1) is 7.29. The minimum atomic E-state index is 0.408. The minimum absolute atomic E-state index is 0.408. The van der Waals surface area contributed by atoms with E-state index in [2.05, 4.69) is 24.4 Å². The van der Waals surface area contributed by atoms with Crippen LogP contribution in [0.25, 0.3) is 0 Å². The van der Waals surface area contributed by atoms with Crippen LogP contribution in [0.15, 0.2) is 24.3 Å². The Morgan fingerprint density at radius 3 is 2.87 bits per heavy atom. The van der Waals surface area contributed by atoms with Gasteiger partial charge in [0, 0.05) is 23.6 Å². The lowest BCUT2D eigenvalue weighted by Crippen LogP contribution is -2.41. The summed E-state index contributed by atoms with van der Waals surface area (Å²) in [6, 6.07) is 9.37. The Bertz CT molecular complexity index is 325. The van der Waals surface area contributed by atoms with Crippen LogP contribution in [0.4, 0.5) is 0 Å². The number of ether oxygens (including phenoxy) is 1. The van der Waals surface area contributed by atoms with E-state index in [0.717, 1.165) is 5.75 Å². The fourth-order valence-corrected chi connectivity index (χ4v) is 2.36. The maximum absolute atomic E-state index is 5.22. The van der Waals surface area contributed by atoms with Gasteiger partial charge in [-0.2, -0.15) is 11.8 Å². The standard InChI is InChI=1S/C12H17NOS/c1-9(13-11-7-15-8-11)10-4-3-5-12(6-10)14-2/h3-6,9,11,13H,7-8H2,1-2H3. The second-order valence-electron chi connectivity index (χ2n) is 3.90. The lowest BCUT2D eigenvalue weighted by atomic mass is 10.1. The molecule has 0 aromatic heterocycles. The summed E-state index contributed by atoms with van der Waals surface area (Å²) in [5.41, 5.74) is 1.30. The van der Waals surface area contributed by atoms with E-state index in [0.29, 0.717) is 12.1 Å². The molecule has 0 saturated carbocycles. The van der Waals surface area contributed by atoms with Crippen LogP contribution in [-0.2, 0) is 0 Å². The molecule has 0 aliphatic carbocycles. The van der Waals surface area contributed by atoms with E-state index in [4.69, 9.17) is 4.74 Å². The molecule has 0 spiro atoms. The molecule has 1 aromatic rings. The summed E-state index contributed by atoms with van der Waals surface area (Å²) < 4.78 is 5.22. The zero-order valence-corrected chi connectivity index (χ0v) is 10.0. The predicted octanol–water partition coefficient (Wildman–Crippen LogP) is 2.46. The highest BCUT2D eigenvalue weighted by Gasteiger charge is 2.20. The maximum Gasteiger partial charge on any atom is 0.119 e. The van der Waals surface area contributed by atoms with Gasteiger partial charge in [-0.15, -0.1) is 0 Å². The molecule has 1 N–H and O–H groups in total. The summed E-state index contributed by atoms with van der Waals surface area (Å²) in [7, 11) is 1.71. The third-order valence-electron chi connectivity index (χ3n) is 2.72. The number of methoxy groups -OCH3 is 1. The largest absolute Gasteiger partial charge is 0.497 e. The molecule has 0 amide bonds.